The van der Waals surface area contributed by atoms with Crippen LogP contribution in [0.15, 0.2) is 18.2 Å². The van der Waals surface area contributed by atoms with Crippen LogP contribution in [0, 0.1) is 0 Å². The van der Waals surface area contributed by atoms with Gasteiger partial charge in [-0.2, -0.15) is 0 Å². The number of carbonyl (C=O) groups is 11. The summed E-state index contributed by atoms with van der Waals surface area (Å²) in [5.41, 5.74) is -0.0120. The summed E-state index contributed by atoms with van der Waals surface area (Å²) in [4.78, 5) is 136. The number of carbonyl (C=O) groups excluding carboxylic acids is 9. The first-order valence-corrected chi connectivity index (χ1v) is 21.5. The summed E-state index contributed by atoms with van der Waals surface area (Å²) in [5.74, 6) is -8.18. The zero-order valence-electron chi connectivity index (χ0n) is 38.5. The summed E-state index contributed by atoms with van der Waals surface area (Å²) in [6, 6.07) is -2.74. The number of unbranched alkanes of at least 4 members (excludes halogenated alkanes) is 2. The molecular weight excluding hydrogens is 869 g/mol. The van der Waals surface area contributed by atoms with Crippen LogP contribution in [0.1, 0.15) is 111 Å². The molecule has 0 fully saturated rings. The highest BCUT2D eigenvalue weighted by Crippen LogP contribution is 2.13. The minimum absolute atomic E-state index is 0.0111. The van der Waals surface area contributed by atoms with E-state index in [1.54, 1.807) is 7.05 Å². The van der Waals surface area contributed by atoms with Gasteiger partial charge < -0.3 is 68.1 Å². The zero-order chi connectivity index (χ0) is 49.9. The molecule has 368 valence electrons. The number of hydrogen-bond acceptors (Lipinski definition) is 13. The Bertz CT molecular complexity index is 1770. The van der Waals surface area contributed by atoms with E-state index in [0.717, 1.165) is 0 Å². The number of amides is 9. The Hall–Kier alpha value is -6.69. The predicted molar refractivity (Wildman–Crippen MR) is 237 cm³/mol. The van der Waals surface area contributed by atoms with Gasteiger partial charge in [0.25, 0.3) is 17.7 Å². The molecule has 6 unspecified atom stereocenters. The van der Waals surface area contributed by atoms with E-state index in [1.807, 2.05) is 0 Å². The van der Waals surface area contributed by atoms with E-state index in [2.05, 4.69) is 53.2 Å². The molecule has 66 heavy (non-hydrogen) atoms. The Morgan fingerprint density at radius 2 is 0.803 bits per heavy atom. The lowest BCUT2D eigenvalue weighted by Gasteiger charge is -2.21. The van der Waals surface area contributed by atoms with Gasteiger partial charge in [-0.1, -0.05) is 0 Å². The monoisotopic (exact) mass is 934 g/mol. The molecule has 6 atom stereocenters. The molecule has 0 aliphatic rings. The summed E-state index contributed by atoms with van der Waals surface area (Å²) in [5, 5.41) is 43.6. The van der Waals surface area contributed by atoms with E-state index in [4.69, 9.17) is 14.9 Å². The van der Waals surface area contributed by atoms with Gasteiger partial charge >= 0.3 is 11.9 Å². The first-order chi connectivity index (χ1) is 31.1. The van der Waals surface area contributed by atoms with Gasteiger partial charge in [-0.15, -0.1) is 0 Å². The van der Waals surface area contributed by atoms with E-state index >= 15 is 0 Å². The third kappa shape index (κ3) is 22.8. The molecule has 0 bridgehead atoms. The van der Waals surface area contributed by atoms with Gasteiger partial charge in [0.2, 0.25) is 35.4 Å². The van der Waals surface area contributed by atoms with E-state index in [0.29, 0.717) is 38.8 Å². The number of ether oxygens (including phenoxy) is 1. The highest BCUT2D eigenvalue weighted by atomic mass is 16.5. The number of hydrogen-bond donors (Lipinski definition) is 12. The number of likely N-dealkylation sites (N-methyl/N-ethyl adjacent to an activating group) is 1. The Kier molecular flexibility index (Phi) is 26.4. The largest absolute Gasteiger partial charge is 0.480 e. The number of rotatable bonds is 31. The molecular formula is C42H66N10O14. The molecule has 24 heteroatoms. The van der Waals surface area contributed by atoms with E-state index < -0.39 is 101 Å². The van der Waals surface area contributed by atoms with Crippen molar-refractivity contribution in [3.63, 3.8) is 0 Å². The van der Waals surface area contributed by atoms with Gasteiger partial charge in [0.15, 0.2) is 0 Å². The fourth-order valence-electron chi connectivity index (χ4n) is 5.78. The van der Waals surface area contributed by atoms with Crippen molar-refractivity contribution in [1.82, 2.24) is 53.2 Å². The van der Waals surface area contributed by atoms with Gasteiger partial charge in [-0.3, -0.25) is 52.7 Å². The SMILES string of the molecule is CNCCOCCNC(=O)c1cc(C(=O)NCCCCC(NC(C)=O)C(=O)NC(C)C(=O)NC(C)C(=O)O)cc(C(=O)NCCCCC(NC(C)=O)C(=O)NC(C)C(=O)NC(C)C(=O)O)c1. The lowest BCUT2D eigenvalue weighted by atomic mass is 10.0. The molecule has 0 saturated heterocycles. The van der Waals surface area contributed by atoms with Crippen LogP contribution in [0.25, 0.3) is 0 Å². The average Bonchev–Trinajstić information content (AvgIpc) is 3.25. The molecule has 0 radical (unpaired) electrons. The number of aliphatic carboxylic acids is 2. The topological polar surface area (TPSA) is 358 Å². The predicted octanol–water partition coefficient (Wildman–Crippen LogP) is -2.35. The lowest BCUT2D eigenvalue weighted by molar-refractivity contribution is -0.142. The van der Waals surface area contributed by atoms with E-state index in [-0.39, 0.29) is 55.8 Å². The standard InChI is InChI=1S/C42H66N10O14/c1-23(34(55)49-25(3)41(62)63)47-39(60)32(51-27(5)53)12-8-10-14-44-36(57)29-20-30(22-31(21-29)38(59)46-17-19-66-18-16-43-7)37(58)45-15-11-9-13-33(52-28(6)54)40(61)48-24(2)35(56)50-26(4)42(64)65/h20-26,32-33,43H,8-19H2,1-7H3,(H,44,57)(H,45,58)(H,46,59)(H,47,60)(H,48,61)(H,49,55)(H,50,56)(H,51,53)(H,52,54)(H,62,63)(H,64,65). The van der Waals surface area contributed by atoms with Crippen LogP contribution >= 0.6 is 0 Å². The first-order valence-electron chi connectivity index (χ1n) is 21.5. The molecule has 24 nitrogen and oxygen atoms in total. The van der Waals surface area contributed by atoms with Crippen molar-refractivity contribution in [3.05, 3.63) is 34.9 Å². The second-order valence-electron chi connectivity index (χ2n) is 15.4. The number of benzene rings is 1. The van der Waals surface area contributed by atoms with Crippen molar-refractivity contribution in [3.8, 4) is 0 Å². The van der Waals surface area contributed by atoms with Gasteiger partial charge in [0.1, 0.15) is 36.3 Å². The maximum Gasteiger partial charge on any atom is 0.325 e. The van der Waals surface area contributed by atoms with Crippen molar-refractivity contribution in [1.29, 1.82) is 0 Å². The smallest absolute Gasteiger partial charge is 0.325 e. The normalized spacial score (nSPS) is 13.4. The van der Waals surface area contributed by atoms with Gasteiger partial charge in [0.05, 0.1) is 13.2 Å². The number of carboxylic acids is 2. The summed E-state index contributed by atoms with van der Waals surface area (Å²) < 4.78 is 5.44. The van der Waals surface area contributed by atoms with E-state index in [1.165, 1.54) is 59.7 Å². The molecule has 0 aromatic heterocycles. The maximum absolute atomic E-state index is 13.4. The van der Waals surface area contributed by atoms with Crippen LogP contribution in [-0.2, 0) is 43.1 Å². The molecule has 9 amide bonds. The number of nitrogens with one attached hydrogen (secondary N) is 10. The van der Waals surface area contributed by atoms with Crippen LogP contribution in [0.5, 0.6) is 0 Å². The fraction of sp³-hybridized carbons (Fsp3) is 0.595. The zero-order valence-corrected chi connectivity index (χ0v) is 38.5. The van der Waals surface area contributed by atoms with Crippen molar-refractivity contribution >= 4 is 65.1 Å². The Labute approximate surface area is 383 Å². The summed E-state index contributed by atoms with van der Waals surface area (Å²) in [7, 11) is 1.76. The highest BCUT2D eigenvalue weighted by molar-refractivity contribution is 6.04. The van der Waals surface area contributed by atoms with Crippen LogP contribution in [0.3, 0.4) is 0 Å². The molecule has 0 saturated carbocycles. The second kappa shape index (κ2) is 30.4. The third-order valence-electron chi connectivity index (χ3n) is 9.51. The van der Waals surface area contributed by atoms with Gasteiger partial charge in [-0.05, 0) is 91.5 Å². The van der Waals surface area contributed by atoms with Crippen LogP contribution in [-0.4, -0.2) is 158 Å². The van der Waals surface area contributed by atoms with Gasteiger partial charge in [0, 0.05) is 56.7 Å². The fourth-order valence-corrected chi connectivity index (χ4v) is 5.78. The quantitative estimate of drug-likeness (QED) is 0.0347. The Balaban J connectivity index is 2.98. The average molecular weight is 935 g/mol. The van der Waals surface area contributed by atoms with Crippen molar-refractivity contribution in [2.75, 3.05) is 46.4 Å². The third-order valence-corrected chi connectivity index (χ3v) is 9.51. The second-order valence-corrected chi connectivity index (χ2v) is 15.4. The van der Waals surface area contributed by atoms with E-state index in [9.17, 15) is 52.7 Å². The first kappa shape index (κ1) is 57.3. The molecule has 0 aliphatic heterocycles. The molecule has 1 aromatic rings. The Morgan fingerprint density at radius 3 is 1.14 bits per heavy atom. The molecule has 0 heterocycles. The number of carboxylic acid groups (broad SMARTS) is 2. The molecule has 0 spiro atoms. The summed E-state index contributed by atoms with van der Waals surface area (Å²) in [6.07, 6.45) is 1.54. The molecule has 1 aromatic carbocycles. The summed E-state index contributed by atoms with van der Waals surface area (Å²) >= 11 is 0. The molecule has 1 rings (SSSR count). The van der Waals surface area contributed by atoms with Crippen LogP contribution in [0.2, 0.25) is 0 Å². The van der Waals surface area contributed by atoms with Crippen molar-refractivity contribution < 1.29 is 67.7 Å². The molecule has 0 aliphatic carbocycles. The molecule has 12 N–H and O–H groups in total. The Morgan fingerprint density at radius 1 is 0.470 bits per heavy atom. The highest BCUT2D eigenvalue weighted by Gasteiger charge is 2.27. The minimum atomic E-state index is -1.26. The van der Waals surface area contributed by atoms with Crippen LogP contribution in [0.4, 0.5) is 0 Å². The summed E-state index contributed by atoms with van der Waals surface area (Å²) in [6.45, 7) is 9.21. The maximum atomic E-state index is 13.4. The minimum Gasteiger partial charge on any atom is -0.480 e. The van der Waals surface area contributed by atoms with Crippen molar-refractivity contribution in [2.24, 2.45) is 0 Å². The van der Waals surface area contributed by atoms with Crippen molar-refractivity contribution in [2.45, 2.75) is 116 Å². The lowest BCUT2D eigenvalue weighted by Crippen LogP contribution is -2.54. The van der Waals surface area contributed by atoms with Gasteiger partial charge in [-0.25, -0.2) is 0 Å². The van der Waals surface area contributed by atoms with Crippen LogP contribution < -0.4 is 53.2 Å².